The monoisotopic (exact) mass is 398 g/mol. The summed E-state index contributed by atoms with van der Waals surface area (Å²) < 4.78 is 7.36. The van der Waals surface area contributed by atoms with Crippen LogP contribution in [0.15, 0.2) is 23.3 Å². The number of aliphatic imine (C=N–C) groups is 1. The van der Waals surface area contributed by atoms with Crippen LogP contribution in [0, 0.1) is 30.1 Å². The van der Waals surface area contributed by atoms with Crippen LogP contribution in [0.4, 0.5) is 0 Å². The van der Waals surface area contributed by atoms with Crippen LogP contribution in [0.3, 0.4) is 0 Å². The van der Waals surface area contributed by atoms with E-state index in [1.807, 2.05) is 14.0 Å². The molecule has 7 nitrogen and oxygen atoms in total. The average molecular weight is 399 g/mol. The predicted octanol–water partition coefficient (Wildman–Crippen LogP) is 2.15. The Kier molecular flexibility index (Phi) is 6.15. The van der Waals surface area contributed by atoms with Crippen molar-refractivity contribution in [1.82, 2.24) is 14.7 Å². The van der Waals surface area contributed by atoms with Crippen LogP contribution in [0.5, 0.6) is 0 Å². The van der Waals surface area contributed by atoms with E-state index in [1.54, 1.807) is 23.0 Å². The topological polar surface area (TPSA) is 92.5 Å². The number of likely N-dealkylation sites (tertiary alicyclic amines) is 1. The predicted molar refractivity (Wildman–Crippen MR) is 116 cm³/mol. The first-order valence-corrected chi connectivity index (χ1v) is 10.9. The van der Waals surface area contributed by atoms with E-state index in [9.17, 15) is 0 Å². The van der Waals surface area contributed by atoms with Crippen molar-refractivity contribution in [1.29, 1.82) is 5.41 Å². The molecule has 0 radical (unpaired) electrons. The molecule has 158 valence electrons. The number of nitrogens with two attached hydrogens (primary N) is 1. The van der Waals surface area contributed by atoms with E-state index in [0.717, 1.165) is 55.1 Å². The lowest BCUT2D eigenvalue weighted by atomic mass is 10.0. The van der Waals surface area contributed by atoms with Crippen molar-refractivity contribution in [2.24, 2.45) is 35.5 Å². The molecule has 3 aliphatic rings. The summed E-state index contributed by atoms with van der Waals surface area (Å²) in [7, 11) is 1.85. The van der Waals surface area contributed by atoms with Crippen molar-refractivity contribution in [3.8, 4) is 0 Å². The summed E-state index contributed by atoms with van der Waals surface area (Å²) in [5.74, 6) is 2.74. The molecule has 0 spiro atoms. The van der Waals surface area contributed by atoms with Gasteiger partial charge >= 0.3 is 0 Å². The summed E-state index contributed by atoms with van der Waals surface area (Å²) in [5, 5.41) is 12.5. The molecule has 2 unspecified atom stereocenters. The van der Waals surface area contributed by atoms with Crippen molar-refractivity contribution in [3.63, 3.8) is 0 Å². The molecule has 0 aromatic carbocycles. The minimum absolute atomic E-state index is 0.322. The molecule has 0 bridgehead atoms. The van der Waals surface area contributed by atoms with Crippen LogP contribution in [0.1, 0.15) is 36.9 Å². The Morgan fingerprint density at radius 1 is 1.34 bits per heavy atom. The Morgan fingerprint density at radius 2 is 2.10 bits per heavy atom. The highest BCUT2D eigenvalue weighted by Crippen LogP contribution is 2.40. The second-order valence-corrected chi connectivity index (χ2v) is 9.05. The maximum Gasteiger partial charge on any atom is 0.118 e. The van der Waals surface area contributed by atoms with Gasteiger partial charge in [0.15, 0.2) is 0 Å². The van der Waals surface area contributed by atoms with Crippen LogP contribution in [-0.2, 0) is 11.8 Å². The van der Waals surface area contributed by atoms with Crippen LogP contribution >= 0.6 is 0 Å². The number of nitrogens with one attached hydrogen (secondary N) is 1. The van der Waals surface area contributed by atoms with E-state index in [1.165, 1.54) is 32.5 Å². The maximum atomic E-state index is 8.26. The van der Waals surface area contributed by atoms with E-state index < -0.39 is 0 Å². The largest absolute Gasteiger partial charge is 0.384 e. The van der Waals surface area contributed by atoms with Gasteiger partial charge in [0.2, 0.25) is 0 Å². The van der Waals surface area contributed by atoms with E-state index in [4.69, 9.17) is 20.9 Å². The number of aryl methyl sites for hydroxylation is 2. The average Bonchev–Trinajstić information content (AvgIpc) is 3.33. The molecule has 4 atom stereocenters. The van der Waals surface area contributed by atoms with Crippen LogP contribution in [-0.4, -0.2) is 65.1 Å². The van der Waals surface area contributed by atoms with E-state index in [2.05, 4.69) is 10.00 Å². The van der Waals surface area contributed by atoms with Gasteiger partial charge in [-0.3, -0.25) is 15.1 Å². The summed E-state index contributed by atoms with van der Waals surface area (Å²) >= 11 is 0. The number of aromatic nitrogens is 2. The van der Waals surface area contributed by atoms with Gasteiger partial charge in [-0.25, -0.2) is 0 Å². The Labute approximate surface area is 173 Å². The highest BCUT2D eigenvalue weighted by Gasteiger charge is 2.41. The maximum absolute atomic E-state index is 8.26. The van der Waals surface area contributed by atoms with Gasteiger partial charge in [-0.2, -0.15) is 5.10 Å². The lowest BCUT2D eigenvalue weighted by Crippen LogP contribution is -2.33. The summed E-state index contributed by atoms with van der Waals surface area (Å²) in [6.45, 7) is 7.44. The van der Waals surface area contributed by atoms with Crippen molar-refractivity contribution in [2.45, 2.75) is 38.6 Å². The fourth-order valence-corrected chi connectivity index (χ4v) is 5.37. The standard InChI is InChI=1S/C22H34N6O/c1-15-10-25-27(2)22(15)20(23)5-6-21(24)26-19-8-17-12-28(13-18(17)9-19)11-16-4-3-7-29-14-16/h5-6,10,16-19,23H,3-4,7-9,11-14H2,1-2H3,(H2,24,26)/b6-5-,23-20?/t16?,17-,18+,19?. The third-order valence-corrected chi connectivity index (χ3v) is 6.70. The molecule has 1 saturated carbocycles. The fourth-order valence-electron chi connectivity index (χ4n) is 5.37. The number of allylic oxidation sites excluding steroid dienone is 1. The van der Waals surface area contributed by atoms with E-state index in [-0.39, 0.29) is 0 Å². The van der Waals surface area contributed by atoms with Crippen molar-refractivity contribution in [2.75, 3.05) is 32.8 Å². The minimum atomic E-state index is 0.322. The molecule has 3 fully saturated rings. The second kappa shape index (κ2) is 8.79. The van der Waals surface area contributed by atoms with Gasteiger partial charge in [0, 0.05) is 33.3 Å². The van der Waals surface area contributed by atoms with Gasteiger partial charge in [-0.05, 0) is 68.1 Å². The number of nitrogens with zero attached hydrogens (tertiary/aromatic N) is 4. The number of fused-ring (bicyclic) bond motifs is 1. The molecule has 3 heterocycles. The number of rotatable bonds is 6. The molecular formula is C22H34N6O. The van der Waals surface area contributed by atoms with Gasteiger partial charge in [0.25, 0.3) is 0 Å². The van der Waals surface area contributed by atoms with Gasteiger partial charge in [-0.15, -0.1) is 0 Å². The fraction of sp³-hybridized carbons (Fsp3) is 0.682. The number of hydrogen-bond acceptors (Lipinski definition) is 5. The van der Waals surface area contributed by atoms with Crippen molar-refractivity contribution in [3.05, 3.63) is 29.6 Å². The lowest BCUT2D eigenvalue weighted by Gasteiger charge is -2.27. The molecule has 3 N–H and O–H groups in total. The molecule has 1 aromatic rings. The molecular weight excluding hydrogens is 364 g/mol. The quantitative estimate of drug-likeness (QED) is 0.567. The van der Waals surface area contributed by atoms with Gasteiger partial charge < -0.3 is 15.4 Å². The highest BCUT2D eigenvalue weighted by molar-refractivity contribution is 6.09. The third kappa shape index (κ3) is 4.78. The zero-order valence-corrected chi connectivity index (χ0v) is 17.7. The molecule has 2 aliphatic heterocycles. The third-order valence-electron chi connectivity index (χ3n) is 6.70. The number of ether oxygens (including phenoxy) is 1. The van der Waals surface area contributed by atoms with Crippen LogP contribution in [0.2, 0.25) is 0 Å². The summed E-state index contributed by atoms with van der Waals surface area (Å²) in [6.07, 6.45) is 10.1. The smallest absolute Gasteiger partial charge is 0.118 e. The summed E-state index contributed by atoms with van der Waals surface area (Å²) in [4.78, 5) is 7.40. The molecule has 2 saturated heterocycles. The van der Waals surface area contributed by atoms with E-state index in [0.29, 0.717) is 17.6 Å². The normalized spacial score (nSPS) is 30.9. The Hall–Kier alpha value is -1.99. The first-order chi connectivity index (χ1) is 14.0. The Morgan fingerprint density at radius 3 is 2.72 bits per heavy atom. The van der Waals surface area contributed by atoms with Crippen molar-refractivity contribution < 1.29 is 4.74 Å². The summed E-state index contributed by atoms with van der Waals surface area (Å²) in [5.41, 5.74) is 8.37. The van der Waals surface area contributed by atoms with Crippen LogP contribution < -0.4 is 5.73 Å². The molecule has 29 heavy (non-hydrogen) atoms. The zero-order valence-electron chi connectivity index (χ0n) is 17.7. The first kappa shape index (κ1) is 20.3. The first-order valence-electron chi connectivity index (χ1n) is 10.9. The van der Waals surface area contributed by atoms with Gasteiger partial charge in [-0.1, -0.05) is 0 Å². The summed E-state index contributed by atoms with van der Waals surface area (Å²) in [6, 6.07) is 0.322. The number of amidine groups is 1. The van der Waals surface area contributed by atoms with Crippen LogP contribution in [0.25, 0.3) is 0 Å². The molecule has 1 aliphatic carbocycles. The Balaban J connectivity index is 1.27. The van der Waals surface area contributed by atoms with E-state index >= 15 is 0 Å². The zero-order chi connectivity index (χ0) is 20.4. The number of hydrogen-bond donors (Lipinski definition) is 2. The minimum Gasteiger partial charge on any atom is -0.384 e. The van der Waals surface area contributed by atoms with Gasteiger partial charge in [0.05, 0.1) is 30.3 Å². The highest BCUT2D eigenvalue weighted by atomic mass is 16.5. The SMILES string of the molecule is Cc1cnn(C)c1C(=N)/C=C\C(N)=NC1C[C@@H]2CN(CC3CCCOC3)C[C@@H]2C1. The van der Waals surface area contributed by atoms with Gasteiger partial charge in [0.1, 0.15) is 5.84 Å². The molecule has 7 heteroatoms. The molecule has 4 rings (SSSR count). The molecule has 0 amide bonds. The molecule has 1 aromatic heterocycles. The second-order valence-electron chi connectivity index (χ2n) is 9.05. The lowest BCUT2D eigenvalue weighted by molar-refractivity contribution is 0.0407. The Bertz CT molecular complexity index is 758. The van der Waals surface area contributed by atoms with Crippen molar-refractivity contribution >= 4 is 11.5 Å².